The lowest BCUT2D eigenvalue weighted by Crippen LogP contribution is -2.41. The van der Waals surface area contributed by atoms with Crippen molar-refractivity contribution >= 4 is 21.7 Å². The number of ketones is 1. The summed E-state index contributed by atoms with van der Waals surface area (Å²) in [4.78, 5) is 11.4. The molecule has 0 fully saturated rings. The van der Waals surface area contributed by atoms with Gasteiger partial charge in [-0.15, -0.1) is 13.2 Å². The van der Waals surface area contributed by atoms with Crippen molar-refractivity contribution in [3.05, 3.63) is 28.2 Å². The van der Waals surface area contributed by atoms with Gasteiger partial charge in [0.1, 0.15) is 5.75 Å². The van der Waals surface area contributed by atoms with E-state index in [1.54, 1.807) is 6.07 Å². The number of carbonyl (C=O) groups is 1. The van der Waals surface area contributed by atoms with Gasteiger partial charge in [0, 0.05) is 5.56 Å². The quantitative estimate of drug-likeness (QED) is 0.521. The van der Waals surface area contributed by atoms with E-state index in [0.717, 1.165) is 18.2 Å². The van der Waals surface area contributed by atoms with Gasteiger partial charge >= 0.3 is 18.8 Å². The minimum Gasteiger partial charge on any atom is -0.427 e. The first-order chi connectivity index (χ1) is 10.5. The SMILES string of the molecule is N#CCC(=O)c1ccc(OC(F)(F)[C@H](F)OC(F)(F)F)c(Br)c1. The number of nitrogens with zero attached hydrogens (tertiary/aromatic N) is 1. The molecule has 0 radical (unpaired) electrons. The Balaban J connectivity index is 2.92. The van der Waals surface area contributed by atoms with E-state index in [4.69, 9.17) is 5.26 Å². The normalized spacial score (nSPS) is 13.3. The molecule has 0 unspecified atom stereocenters. The van der Waals surface area contributed by atoms with Crippen LogP contribution in [0.15, 0.2) is 22.7 Å². The minimum atomic E-state index is -5.61. The molecule has 0 amide bonds. The van der Waals surface area contributed by atoms with Crippen molar-refractivity contribution in [1.82, 2.24) is 0 Å². The second-order valence-electron chi connectivity index (χ2n) is 3.95. The third kappa shape index (κ3) is 5.72. The van der Waals surface area contributed by atoms with Crippen LogP contribution in [0.3, 0.4) is 0 Å². The van der Waals surface area contributed by atoms with E-state index >= 15 is 0 Å². The van der Waals surface area contributed by atoms with E-state index < -0.39 is 36.8 Å². The summed E-state index contributed by atoms with van der Waals surface area (Å²) in [5, 5.41) is 8.37. The van der Waals surface area contributed by atoms with Crippen LogP contribution in [0.25, 0.3) is 0 Å². The van der Waals surface area contributed by atoms with Crippen LogP contribution in [0.5, 0.6) is 5.75 Å². The highest BCUT2D eigenvalue weighted by Gasteiger charge is 2.50. The number of alkyl halides is 6. The summed E-state index contributed by atoms with van der Waals surface area (Å²) < 4.78 is 80.8. The topological polar surface area (TPSA) is 59.3 Å². The van der Waals surface area contributed by atoms with Crippen LogP contribution in [-0.4, -0.2) is 24.6 Å². The van der Waals surface area contributed by atoms with Gasteiger partial charge in [-0.25, -0.2) is 9.13 Å². The summed E-state index contributed by atoms with van der Waals surface area (Å²) in [5.74, 6) is -1.34. The molecule has 0 saturated carbocycles. The number of ether oxygens (including phenoxy) is 2. The zero-order valence-corrected chi connectivity index (χ0v) is 12.4. The number of nitriles is 1. The first-order valence-electron chi connectivity index (χ1n) is 5.61. The van der Waals surface area contributed by atoms with Crippen molar-refractivity contribution in [2.45, 2.75) is 25.2 Å². The van der Waals surface area contributed by atoms with Gasteiger partial charge in [-0.1, -0.05) is 0 Å². The molecule has 0 spiro atoms. The summed E-state index contributed by atoms with van der Waals surface area (Å²) in [6, 6.07) is 4.39. The fourth-order valence-electron chi connectivity index (χ4n) is 1.31. The van der Waals surface area contributed by atoms with Crippen molar-refractivity contribution in [3.8, 4) is 11.8 Å². The maximum absolute atomic E-state index is 13.2. The molecule has 0 bridgehead atoms. The van der Waals surface area contributed by atoms with Crippen molar-refractivity contribution in [2.75, 3.05) is 0 Å². The van der Waals surface area contributed by atoms with Gasteiger partial charge in [-0.3, -0.25) is 4.79 Å². The Kier molecular flexibility index (Phi) is 6.01. The Labute approximate surface area is 133 Å². The number of carbonyl (C=O) groups excluding carboxylic acids is 1. The fraction of sp³-hybridized carbons (Fsp3) is 0.333. The maximum atomic E-state index is 13.2. The van der Waals surface area contributed by atoms with Crippen LogP contribution in [-0.2, 0) is 4.74 Å². The molecule has 1 rings (SSSR count). The smallest absolute Gasteiger partial charge is 0.427 e. The van der Waals surface area contributed by atoms with Gasteiger partial charge < -0.3 is 4.74 Å². The lowest BCUT2D eigenvalue weighted by atomic mass is 10.1. The minimum absolute atomic E-state index is 0.0302. The molecule has 0 aliphatic rings. The summed E-state index contributed by atoms with van der Waals surface area (Å²) in [5.41, 5.74) is -0.0302. The highest BCUT2D eigenvalue weighted by Crippen LogP contribution is 2.35. The van der Waals surface area contributed by atoms with E-state index in [2.05, 4.69) is 25.4 Å². The summed E-state index contributed by atoms with van der Waals surface area (Å²) in [6.45, 7) is 0. The number of Topliss-reactive ketones (excluding diaryl/α,β-unsaturated/α-hetero) is 1. The molecular formula is C12H6BrF6NO3. The predicted octanol–water partition coefficient (Wildman–Crippen LogP) is 4.35. The number of hydrogen-bond donors (Lipinski definition) is 0. The van der Waals surface area contributed by atoms with E-state index in [0.29, 0.717) is 0 Å². The van der Waals surface area contributed by atoms with E-state index in [-0.39, 0.29) is 10.0 Å². The predicted molar refractivity (Wildman–Crippen MR) is 66.3 cm³/mol. The third-order valence-corrected chi connectivity index (χ3v) is 2.86. The van der Waals surface area contributed by atoms with E-state index in [1.807, 2.05) is 0 Å². The zero-order valence-electron chi connectivity index (χ0n) is 10.8. The molecule has 11 heteroatoms. The largest absolute Gasteiger partial charge is 0.525 e. The molecule has 1 aromatic rings. The summed E-state index contributed by atoms with van der Waals surface area (Å²) >= 11 is 2.75. The average molecular weight is 406 g/mol. The number of rotatable bonds is 6. The molecule has 4 nitrogen and oxygen atoms in total. The molecule has 0 aromatic heterocycles. The monoisotopic (exact) mass is 405 g/mol. The molecule has 0 saturated heterocycles. The van der Waals surface area contributed by atoms with Crippen molar-refractivity contribution < 1.29 is 40.6 Å². The van der Waals surface area contributed by atoms with Gasteiger partial charge in [0.15, 0.2) is 5.78 Å². The van der Waals surface area contributed by atoms with E-state index in [9.17, 15) is 31.1 Å². The van der Waals surface area contributed by atoms with Crippen LogP contribution >= 0.6 is 15.9 Å². The van der Waals surface area contributed by atoms with Crippen LogP contribution in [0.2, 0.25) is 0 Å². The Morgan fingerprint density at radius 3 is 2.39 bits per heavy atom. The van der Waals surface area contributed by atoms with Crippen LogP contribution in [0, 0.1) is 11.3 Å². The Bertz CT molecular complexity index is 628. The standard InChI is InChI=1S/C12H6BrF6NO3/c13-7-5-6(8(21)3-4-20)1-2-9(7)22-11(15,16)10(14)23-12(17,18)19/h1-2,5,10H,3H2/t10-/m1/s1. The molecule has 126 valence electrons. The zero-order chi connectivity index (χ0) is 17.8. The first-order valence-corrected chi connectivity index (χ1v) is 6.40. The lowest BCUT2D eigenvalue weighted by Gasteiger charge is -2.22. The second kappa shape index (κ2) is 7.18. The van der Waals surface area contributed by atoms with Gasteiger partial charge in [-0.2, -0.15) is 14.0 Å². The molecular weight excluding hydrogens is 400 g/mol. The molecule has 23 heavy (non-hydrogen) atoms. The third-order valence-electron chi connectivity index (χ3n) is 2.24. The summed E-state index contributed by atoms with van der Waals surface area (Å²) in [6.07, 6.45) is -15.1. The van der Waals surface area contributed by atoms with Crippen LogP contribution in [0.1, 0.15) is 16.8 Å². The molecule has 0 aliphatic heterocycles. The maximum Gasteiger partial charge on any atom is 0.525 e. The first kappa shape index (κ1) is 19.2. The highest BCUT2D eigenvalue weighted by molar-refractivity contribution is 9.10. The Morgan fingerprint density at radius 2 is 1.91 bits per heavy atom. The van der Waals surface area contributed by atoms with Gasteiger partial charge in [0.25, 0.3) is 0 Å². The average Bonchev–Trinajstić information content (AvgIpc) is 2.39. The van der Waals surface area contributed by atoms with Gasteiger partial charge in [-0.05, 0) is 34.1 Å². The number of hydrogen-bond acceptors (Lipinski definition) is 4. The van der Waals surface area contributed by atoms with Gasteiger partial charge in [0.2, 0.25) is 0 Å². The van der Waals surface area contributed by atoms with Crippen molar-refractivity contribution in [3.63, 3.8) is 0 Å². The second-order valence-corrected chi connectivity index (χ2v) is 4.80. The van der Waals surface area contributed by atoms with Crippen LogP contribution < -0.4 is 4.74 Å². The fourth-order valence-corrected chi connectivity index (χ4v) is 1.77. The molecule has 1 atom stereocenters. The van der Waals surface area contributed by atoms with Crippen molar-refractivity contribution in [1.29, 1.82) is 5.26 Å². The lowest BCUT2D eigenvalue weighted by molar-refractivity contribution is -0.411. The molecule has 0 aliphatic carbocycles. The van der Waals surface area contributed by atoms with E-state index in [1.165, 1.54) is 0 Å². The highest BCUT2D eigenvalue weighted by atomic mass is 79.9. The van der Waals surface area contributed by atoms with Gasteiger partial charge in [0.05, 0.1) is 17.0 Å². The molecule has 0 N–H and O–H groups in total. The van der Waals surface area contributed by atoms with Crippen molar-refractivity contribution in [2.24, 2.45) is 0 Å². The Hall–Kier alpha value is -1.80. The number of halogens is 7. The number of benzene rings is 1. The molecule has 0 heterocycles. The molecule has 1 aromatic carbocycles. The summed E-state index contributed by atoms with van der Waals surface area (Å²) in [7, 11) is 0. The Morgan fingerprint density at radius 1 is 1.30 bits per heavy atom. The van der Waals surface area contributed by atoms with Crippen LogP contribution in [0.4, 0.5) is 26.3 Å².